The van der Waals surface area contributed by atoms with Gasteiger partial charge in [-0.2, -0.15) is 0 Å². The maximum Gasteiger partial charge on any atom is 0.309 e. The van der Waals surface area contributed by atoms with E-state index >= 15 is 0 Å². The van der Waals surface area contributed by atoms with Crippen LogP contribution in [0, 0.1) is 5.92 Å². The number of esters is 1. The van der Waals surface area contributed by atoms with E-state index in [0.29, 0.717) is 4.61 Å². The number of ether oxygens (including phenoxy) is 1. The fourth-order valence-corrected chi connectivity index (χ4v) is 2.49. The summed E-state index contributed by atoms with van der Waals surface area (Å²) in [6, 6.07) is 0. The van der Waals surface area contributed by atoms with E-state index in [1.165, 1.54) is 51.4 Å². The molecule has 0 aliphatic heterocycles. The van der Waals surface area contributed by atoms with Crippen LogP contribution in [0.25, 0.3) is 0 Å². The van der Waals surface area contributed by atoms with Crippen molar-refractivity contribution in [2.45, 2.75) is 78.1 Å². The zero-order chi connectivity index (χ0) is 13.6. The second kappa shape index (κ2) is 13.6. The Morgan fingerprint density at radius 2 is 1.44 bits per heavy atom. The Kier molecular flexibility index (Phi) is 13.8. The molecule has 0 aromatic carbocycles. The number of rotatable bonds is 12. The molecule has 0 N–H and O–H groups in total. The number of carbonyl (C=O) groups is 1. The van der Waals surface area contributed by atoms with Crippen molar-refractivity contribution >= 4 is 28.6 Å². The minimum Gasteiger partial charge on any atom is -0.455 e. The lowest BCUT2D eigenvalue weighted by molar-refractivity contribution is -0.146. The molecule has 0 saturated carbocycles. The number of unbranched alkanes of at least 4 members (excludes halogenated alkanes) is 6. The maximum atomic E-state index is 11.8. The highest BCUT2D eigenvalue weighted by Gasteiger charge is 2.18. The largest absolute Gasteiger partial charge is 0.455 e. The quantitative estimate of drug-likeness (QED) is 0.197. The fraction of sp³-hybridized carbons (Fsp3) is 0.933. The van der Waals surface area contributed by atoms with Gasteiger partial charge in [-0.25, -0.2) is 0 Å². The number of hydrogen-bond donors (Lipinski definition) is 0. The molecule has 0 aliphatic rings. The summed E-state index contributed by atoms with van der Waals surface area (Å²) in [4.78, 5) is 11.8. The van der Waals surface area contributed by atoms with Crippen molar-refractivity contribution in [2.75, 3.05) is 4.61 Å². The molecule has 0 amide bonds. The Balaban J connectivity index is 3.88. The van der Waals surface area contributed by atoms with Gasteiger partial charge in [0, 0.05) is 0 Å². The molecule has 3 heteroatoms. The smallest absolute Gasteiger partial charge is 0.309 e. The van der Waals surface area contributed by atoms with Crippen LogP contribution >= 0.6 is 22.6 Å². The average molecular weight is 368 g/mol. The van der Waals surface area contributed by atoms with Gasteiger partial charge in [0.25, 0.3) is 0 Å². The third-order valence-corrected chi connectivity index (χ3v) is 3.65. The zero-order valence-corrected chi connectivity index (χ0v) is 14.2. The van der Waals surface area contributed by atoms with Crippen LogP contribution in [0.3, 0.4) is 0 Å². The molecule has 0 saturated heterocycles. The highest BCUT2D eigenvalue weighted by Crippen LogP contribution is 2.20. The van der Waals surface area contributed by atoms with Gasteiger partial charge >= 0.3 is 5.97 Å². The van der Waals surface area contributed by atoms with Gasteiger partial charge in [0.1, 0.15) is 4.61 Å². The first kappa shape index (κ1) is 18.2. The molecule has 0 rings (SSSR count). The van der Waals surface area contributed by atoms with Crippen LogP contribution in [0.4, 0.5) is 0 Å². The van der Waals surface area contributed by atoms with E-state index in [1.54, 1.807) is 0 Å². The summed E-state index contributed by atoms with van der Waals surface area (Å²) in [5.74, 6) is 0.172. The molecule has 108 valence electrons. The Labute approximate surface area is 126 Å². The molecule has 0 atom stereocenters. The fourth-order valence-electron chi connectivity index (χ4n) is 2.19. The summed E-state index contributed by atoms with van der Waals surface area (Å²) in [7, 11) is 0. The van der Waals surface area contributed by atoms with Crippen LogP contribution in [0.5, 0.6) is 0 Å². The molecule has 0 radical (unpaired) electrons. The first-order valence-corrected chi connectivity index (χ1v) is 9.01. The molecule has 0 heterocycles. The highest BCUT2D eigenvalue weighted by atomic mass is 127. The highest BCUT2D eigenvalue weighted by molar-refractivity contribution is 14.1. The van der Waals surface area contributed by atoms with Crippen LogP contribution in [0.2, 0.25) is 0 Å². The minimum absolute atomic E-state index is 0.0254. The van der Waals surface area contributed by atoms with Crippen molar-refractivity contribution in [2.24, 2.45) is 5.92 Å². The monoisotopic (exact) mass is 368 g/mol. The van der Waals surface area contributed by atoms with E-state index in [-0.39, 0.29) is 11.9 Å². The molecular weight excluding hydrogens is 339 g/mol. The third kappa shape index (κ3) is 10.2. The summed E-state index contributed by atoms with van der Waals surface area (Å²) >= 11 is 2.10. The summed E-state index contributed by atoms with van der Waals surface area (Å²) in [6.07, 6.45) is 11.9. The Hall–Kier alpha value is 0.200. The second-order valence-corrected chi connectivity index (χ2v) is 5.59. The van der Waals surface area contributed by atoms with E-state index in [2.05, 4.69) is 36.4 Å². The van der Waals surface area contributed by atoms with Gasteiger partial charge in [-0.05, 0) is 35.4 Å². The van der Waals surface area contributed by atoms with Gasteiger partial charge in [-0.3, -0.25) is 4.79 Å². The van der Waals surface area contributed by atoms with Gasteiger partial charge < -0.3 is 4.74 Å². The molecule has 18 heavy (non-hydrogen) atoms. The van der Waals surface area contributed by atoms with Crippen LogP contribution in [0.1, 0.15) is 78.1 Å². The predicted molar refractivity (Wildman–Crippen MR) is 86.0 cm³/mol. The molecular formula is C15H29IO2. The van der Waals surface area contributed by atoms with Crippen LogP contribution in [-0.2, 0) is 9.53 Å². The first-order chi connectivity index (χ1) is 8.76. The lowest BCUT2D eigenvalue weighted by Gasteiger charge is -2.15. The van der Waals surface area contributed by atoms with Crippen molar-refractivity contribution < 1.29 is 9.53 Å². The second-order valence-electron chi connectivity index (χ2n) is 4.97. The first-order valence-electron chi connectivity index (χ1n) is 7.48. The van der Waals surface area contributed by atoms with Crippen molar-refractivity contribution in [3.63, 3.8) is 0 Å². The third-order valence-electron chi connectivity index (χ3n) is 3.34. The van der Waals surface area contributed by atoms with E-state index in [4.69, 9.17) is 4.74 Å². The van der Waals surface area contributed by atoms with Crippen molar-refractivity contribution in [1.29, 1.82) is 0 Å². The van der Waals surface area contributed by atoms with Crippen LogP contribution in [0.15, 0.2) is 0 Å². The number of halogens is 1. The summed E-state index contributed by atoms with van der Waals surface area (Å²) in [6.45, 7) is 4.43. The van der Waals surface area contributed by atoms with E-state index in [9.17, 15) is 4.79 Å². The van der Waals surface area contributed by atoms with Gasteiger partial charge in [0.2, 0.25) is 0 Å². The summed E-state index contributed by atoms with van der Waals surface area (Å²) in [5.41, 5.74) is 0. The Bertz CT molecular complexity index is 183. The number of carbonyl (C=O) groups excluding carboxylic acids is 1. The Morgan fingerprint density at radius 1 is 0.944 bits per heavy atom. The molecule has 2 nitrogen and oxygen atoms in total. The van der Waals surface area contributed by atoms with Crippen molar-refractivity contribution in [1.82, 2.24) is 0 Å². The molecule has 0 spiro atoms. The van der Waals surface area contributed by atoms with Gasteiger partial charge in [-0.1, -0.05) is 65.2 Å². The molecule has 0 unspecified atom stereocenters. The van der Waals surface area contributed by atoms with E-state index < -0.39 is 0 Å². The maximum absolute atomic E-state index is 11.8. The van der Waals surface area contributed by atoms with Crippen LogP contribution in [-0.4, -0.2) is 10.6 Å². The molecule has 0 aromatic rings. The van der Waals surface area contributed by atoms with E-state index in [1.807, 2.05) is 0 Å². The van der Waals surface area contributed by atoms with Gasteiger partial charge in [-0.15, -0.1) is 0 Å². The van der Waals surface area contributed by atoms with Gasteiger partial charge in [0.05, 0.1) is 5.92 Å². The summed E-state index contributed by atoms with van der Waals surface area (Å²) in [5, 5.41) is 0. The lowest BCUT2D eigenvalue weighted by Crippen LogP contribution is -2.17. The SMILES string of the molecule is CCCCCCC(CCCCCC)C(=O)OCI. The molecule has 0 bridgehead atoms. The lowest BCUT2D eigenvalue weighted by atomic mass is 9.94. The normalized spacial score (nSPS) is 10.9. The standard InChI is InChI=1S/C15H29IO2/c1-3-5-7-9-11-14(15(17)18-13-16)12-10-8-6-4-2/h14H,3-13H2,1-2H3. The number of alkyl halides is 1. The minimum atomic E-state index is 0.0254. The number of hydrogen-bond acceptors (Lipinski definition) is 2. The van der Waals surface area contributed by atoms with Crippen molar-refractivity contribution in [3.05, 3.63) is 0 Å². The van der Waals surface area contributed by atoms with Crippen molar-refractivity contribution in [3.8, 4) is 0 Å². The van der Waals surface area contributed by atoms with Crippen LogP contribution < -0.4 is 0 Å². The average Bonchev–Trinajstić information content (AvgIpc) is 2.37. The van der Waals surface area contributed by atoms with Gasteiger partial charge in [0.15, 0.2) is 0 Å². The molecule has 0 aliphatic carbocycles. The molecule has 0 fully saturated rings. The van der Waals surface area contributed by atoms with E-state index in [0.717, 1.165) is 12.8 Å². The summed E-state index contributed by atoms with van der Waals surface area (Å²) < 4.78 is 5.65. The Morgan fingerprint density at radius 3 is 1.83 bits per heavy atom. The molecule has 0 aromatic heterocycles. The predicted octanol–water partition coefficient (Wildman–Crippen LogP) is 5.48. The zero-order valence-electron chi connectivity index (χ0n) is 12.0. The topological polar surface area (TPSA) is 26.3 Å².